The lowest BCUT2D eigenvalue weighted by molar-refractivity contribution is 0.428. The molecule has 1 fully saturated rings. The van der Waals surface area contributed by atoms with Crippen molar-refractivity contribution in [2.45, 2.75) is 10.9 Å². The van der Waals surface area contributed by atoms with Gasteiger partial charge in [0.1, 0.15) is 29.0 Å². The van der Waals surface area contributed by atoms with Crippen LogP contribution in [0.5, 0.6) is 0 Å². The fraction of sp³-hybridized carbons (Fsp3) is 0.250. The number of imidazole rings is 1. The van der Waals surface area contributed by atoms with Crippen molar-refractivity contribution in [3.05, 3.63) is 81.2 Å². The summed E-state index contributed by atoms with van der Waals surface area (Å²) in [5.74, 6) is -1.18. The van der Waals surface area contributed by atoms with Crippen LogP contribution in [-0.4, -0.2) is 51.8 Å². The van der Waals surface area contributed by atoms with Gasteiger partial charge in [-0.05, 0) is 35.4 Å². The zero-order valence-electron chi connectivity index (χ0n) is 16.4. The largest absolute Gasteiger partial charge is 0.616 e. The van der Waals surface area contributed by atoms with Gasteiger partial charge in [0.05, 0.1) is 35.2 Å². The van der Waals surface area contributed by atoms with Crippen molar-refractivity contribution in [2.75, 3.05) is 24.6 Å². The third-order valence-electron chi connectivity index (χ3n) is 5.15. The molecule has 1 aliphatic rings. The van der Waals surface area contributed by atoms with Crippen LogP contribution in [0.3, 0.4) is 0 Å². The normalized spacial score (nSPS) is 16.1. The molecule has 1 N–H and O–H groups in total. The van der Waals surface area contributed by atoms with Crippen molar-refractivity contribution in [1.82, 2.24) is 14.3 Å². The summed E-state index contributed by atoms with van der Waals surface area (Å²) in [5, 5.41) is -0.380. The molecule has 4 rings (SSSR count). The van der Waals surface area contributed by atoms with Crippen LogP contribution in [0, 0.1) is 11.6 Å². The fourth-order valence-electron chi connectivity index (χ4n) is 3.49. The van der Waals surface area contributed by atoms with Crippen molar-refractivity contribution in [3.63, 3.8) is 0 Å². The van der Waals surface area contributed by atoms with Crippen LogP contribution in [-0.2, 0) is 21.2 Å². The van der Waals surface area contributed by atoms with E-state index in [0.717, 1.165) is 0 Å². The maximum absolute atomic E-state index is 13.7. The predicted molar refractivity (Wildman–Crippen MR) is 119 cm³/mol. The number of halogens is 4. The summed E-state index contributed by atoms with van der Waals surface area (Å²) in [5.41, 5.74) is 1.01. The summed E-state index contributed by atoms with van der Waals surface area (Å²) in [7, 11) is -3.88. The highest BCUT2D eigenvalue weighted by molar-refractivity contribution is 7.92. The van der Waals surface area contributed by atoms with Gasteiger partial charge in [-0.15, -0.1) is 0 Å². The smallest absolute Gasteiger partial charge is 0.260 e. The first-order chi connectivity index (χ1) is 15.2. The van der Waals surface area contributed by atoms with E-state index in [-0.39, 0.29) is 45.5 Å². The molecule has 0 spiro atoms. The van der Waals surface area contributed by atoms with Crippen LogP contribution >= 0.6 is 23.2 Å². The van der Waals surface area contributed by atoms with E-state index in [9.17, 15) is 21.8 Å². The molecule has 12 heteroatoms. The number of rotatable bonds is 5. The Morgan fingerprint density at radius 1 is 1.03 bits per heavy atom. The van der Waals surface area contributed by atoms with Gasteiger partial charge in [-0.2, -0.15) is 4.31 Å². The van der Waals surface area contributed by atoms with Crippen molar-refractivity contribution in [2.24, 2.45) is 0 Å². The maximum Gasteiger partial charge on any atom is 0.260 e. The summed E-state index contributed by atoms with van der Waals surface area (Å²) in [6.07, 6.45) is 1.19. The van der Waals surface area contributed by atoms with Crippen molar-refractivity contribution in [1.29, 1.82) is 0 Å². The minimum Gasteiger partial charge on any atom is -0.616 e. The van der Waals surface area contributed by atoms with Crippen LogP contribution in [0.25, 0.3) is 0 Å². The minimum absolute atomic E-state index is 0.124. The Morgan fingerprint density at radius 3 is 2.06 bits per heavy atom. The highest BCUT2D eigenvalue weighted by Crippen LogP contribution is 2.34. The molecule has 2 aromatic carbocycles. The Hall–Kier alpha value is -1.69. The van der Waals surface area contributed by atoms with Gasteiger partial charge in [0.15, 0.2) is 5.03 Å². The number of H-pyrrole nitrogens is 1. The lowest BCUT2D eigenvalue weighted by Crippen LogP contribution is -2.43. The fourth-order valence-corrected chi connectivity index (χ4v) is 6.51. The van der Waals surface area contributed by atoms with Crippen LogP contribution in [0.1, 0.15) is 22.9 Å². The van der Waals surface area contributed by atoms with Crippen molar-refractivity contribution in [3.8, 4) is 0 Å². The number of nitrogens with one attached hydrogen (secondary N) is 1. The third kappa shape index (κ3) is 4.66. The molecular formula is C20H17Cl2F2N3O3S2. The monoisotopic (exact) mass is 519 g/mol. The van der Waals surface area contributed by atoms with Gasteiger partial charge >= 0.3 is 0 Å². The molecule has 3 aromatic rings. The van der Waals surface area contributed by atoms with Gasteiger partial charge in [-0.3, -0.25) is 0 Å². The lowest BCUT2D eigenvalue weighted by Gasteiger charge is -2.26. The van der Waals surface area contributed by atoms with Crippen LogP contribution in [0.4, 0.5) is 8.78 Å². The summed E-state index contributed by atoms with van der Waals surface area (Å²) in [6.45, 7) is 0.293. The second kappa shape index (κ2) is 9.28. The first-order valence-electron chi connectivity index (χ1n) is 9.47. The van der Waals surface area contributed by atoms with E-state index in [2.05, 4.69) is 9.97 Å². The number of sulfonamides is 1. The van der Waals surface area contributed by atoms with E-state index in [1.54, 1.807) is 0 Å². The average molecular weight is 520 g/mol. The topological polar surface area (TPSA) is 89.1 Å². The van der Waals surface area contributed by atoms with E-state index in [4.69, 9.17) is 23.2 Å². The Labute approximate surface area is 196 Å². The van der Waals surface area contributed by atoms with Gasteiger partial charge in [0, 0.05) is 0 Å². The lowest BCUT2D eigenvalue weighted by atomic mass is 9.90. The zero-order valence-corrected chi connectivity index (χ0v) is 19.5. The molecule has 170 valence electrons. The molecule has 0 unspecified atom stereocenters. The Balaban J connectivity index is 1.76. The maximum atomic E-state index is 13.7. The van der Waals surface area contributed by atoms with Crippen LogP contribution in [0.2, 0.25) is 10.0 Å². The number of aromatic amines is 1. The van der Waals surface area contributed by atoms with Gasteiger partial charge in [0.2, 0.25) is 0 Å². The SMILES string of the molecule is O=S(=O)(c1cnc(C(c2ccc(F)c(Cl)c2)c2ccc(F)c(Cl)c2)[nH]1)N1CC[S+]([O-])CC1. The number of hydrogen-bond donors (Lipinski definition) is 1. The molecule has 0 radical (unpaired) electrons. The molecule has 6 nitrogen and oxygen atoms in total. The Morgan fingerprint density at radius 2 is 1.56 bits per heavy atom. The van der Waals surface area contributed by atoms with Crippen LogP contribution < -0.4 is 0 Å². The van der Waals surface area contributed by atoms with E-state index < -0.39 is 38.8 Å². The summed E-state index contributed by atoms with van der Waals surface area (Å²) < 4.78 is 66.4. The van der Waals surface area contributed by atoms with E-state index in [1.807, 2.05) is 0 Å². The van der Waals surface area contributed by atoms with Gasteiger partial charge in [-0.25, -0.2) is 22.2 Å². The molecule has 0 bridgehead atoms. The quantitative estimate of drug-likeness (QED) is 0.517. The molecular weight excluding hydrogens is 503 g/mol. The summed E-state index contributed by atoms with van der Waals surface area (Å²) in [4.78, 5) is 7.09. The first-order valence-corrected chi connectivity index (χ1v) is 13.1. The highest BCUT2D eigenvalue weighted by Gasteiger charge is 2.33. The highest BCUT2D eigenvalue weighted by atomic mass is 35.5. The van der Waals surface area contributed by atoms with Gasteiger partial charge in [0.25, 0.3) is 10.0 Å². The number of aromatic nitrogens is 2. The Kier molecular flexibility index (Phi) is 6.81. The Bertz CT molecular complexity index is 1200. The molecule has 2 heterocycles. The zero-order chi connectivity index (χ0) is 23.0. The standard InChI is InChI=1S/C20H17Cl2F2N3O3S2/c21-14-9-12(1-3-16(14)23)19(13-2-4-17(24)15(22)10-13)20-25-11-18(26-20)32(29,30)27-5-7-31(28)8-6-27/h1-4,9-11,19H,5-8H2,(H,25,26). The number of hydrogen-bond acceptors (Lipinski definition) is 4. The second-order valence-corrected chi connectivity index (χ2v) is 11.6. The predicted octanol–water partition coefficient (Wildman–Crippen LogP) is 3.93. The molecule has 1 aromatic heterocycles. The molecule has 0 atom stereocenters. The van der Waals surface area contributed by atoms with E-state index >= 15 is 0 Å². The molecule has 0 amide bonds. The van der Waals surface area contributed by atoms with E-state index in [1.165, 1.54) is 46.9 Å². The van der Waals surface area contributed by atoms with Crippen molar-refractivity contribution >= 4 is 44.4 Å². The molecule has 0 aliphatic carbocycles. The van der Waals surface area contributed by atoms with Gasteiger partial charge < -0.3 is 9.54 Å². The van der Waals surface area contributed by atoms with E-state index in [0.29, 0.717) is 11.1 Å². The molecule has 1 saturated heterocycles. The first kappa shape index (κ1) is 23.5. The summed E-state index contributed by atoms with van der Waals surface area (Å²) >= 11 is 10.9. The number of nitrogens with zero attached hydrogens (tertiary/aromatic N) is 2. The van der Waals surface area contributed by atoms with Gasteiger partial charge in [-0.1, -0.05) is 46.5 Å². The van der Waals surface area contributed by atoms with Crippen LogP contribution in [0.15, 0.2) is 47.6 Å². The average Bonchev–Trinajstić information content (AvgIpc) is 3.24. The molecule has 0 saturated carbocycles. The minimum atomic E-state index is -3.88. The molecule has 32 heavy (non-hydrogen) atoms. The second-order valence-electron chi connectivity index (χ2n) is 7.16. The summed E-state index contributed by atoms with van der Waals surface area (Å²) in [6, 6.07) is 8.14. The molecule has 1 aliphatic heterocycles. The third-order valence-corrected chi connectivity index (χ3v) is 8.82. The van der Waals surface area contributed by atoms with Crippen molar-refractivity contribution < 1.29 is 21.8 Å². The number of benzene rings is 2.